The molecule has 0 aromatic heterocycles. The van der Waals surface area contributed by atoms with Crippen molar-refractivity contribution in [3.63, 3.8) is 0 Å². The summed E-state index contributed by atoms with van der Waals surface area (Å²) in [5.41, 5.74) is 0.347. The van der Waals surface area contributed by atoms with E-state index in [1.807, 2.05) is 0 Å². The predicted molar refractivity (Wildman–Crippen MR) is 76.4 cm³/mol. The Morgan fingerprint density at radius 1 is 1.24 bits per heavy atom. The van der Waals surface area contributed by atoms with Gasteiger partial charge in [-0.15, -0.1) is 0 Å². The van der Waals surface area contributed by atoms with Gasteiger partial charge in [0, 0.05) is 18.6 Å². The molecule has 1 unspecified atom stereocenters. The van der Waals surface area contributed by atoms with Crippen LogP contribution < -0.4 is 5.32 Å². The molecular weight excluding hydrogens is 208 g/mol. The first-order valence-electron chi connectivity index (χ1n) is 7.26. The molecule has 1 atom stereocenters. The number of likely N-dealkylation sites (N-methyl/N-ethyl adjacent to an activating group) is 1. The van der Waals surface area contributed by atoms with Crippen LogP contribution in [0.5, 0.6) is 0 Å². The van der Waals surface area contributed by atoms with E-state index in [4.69, 9.17) is 0 Å². The number of nitrogens with one attached hydrogen (secondary N) is 1. The summed E-state index contributed by atoms with van der Waals surface area (Å²) in [4.78, 5) is 2.71. The minimum atomic E-state index is 0.347. The van der Waals surface area contributed by atoms with Gasteiger partial charge in [-0.2, -0.15) is 0 Å². The maximum atomic E-state index is 3.50. The third-order valence-electron chi connectivity index (χ3n) is 3.87. The molecule has 0 aliphatic heterocycles. The molecule has 17 heavy (non-hydrogen) atoms. The molecule has 1 saturated carbocycles. The molecule has 1 N–H and O–H groups in total. The summed E-state index contributed by atoms with van der Waals surface area (Å²) in [6, 6.07) is 1.47. The van der Waals surface area contributed by atoms with Crippen molar-refractivity contribution in [2.45, 2.75) is 66.0 Å². The van der Waals surface area contributed by atoms with Crippen LogP contribution in [0.2, 0.25) is 0 Å². The second kappa shape index (κ2) is 6.19. The third-order valence-corrected chi connectivity index (χ3v) is 3.87. The summed E-state index contributed by atoms with van der Waals surface area (Å²) in [5, 5.41) is 3.50. The first kappa shape index (κ1) is 15.0. The van der Waals surface area contributed by atoms with Gasteiger partial charge in [-0.3, -0.25) is 4.90 Å². The Morgan fingerprint density at radius 3 is 2.18 bits per heavy atom. The molecule has 102 valence electrons. The highest BCUT2D eigenvalue weighted by atomic mass is 15.2. The van der Waals surface area contributed by atoms with E-state index in [-0.39, 0.29) is 0 Å². The predicted octanol–water partition coefficient (Wildman–Crippen LogP) is 3.13. The van der Waals surface area contributed by atoms with Gasteiger partial charge in [-0.05, 0) is 44.2 Å². The first-order chi connectivity index (χ1) is 7.84. The van der Waals surface area contributed by atoms with Gasteiger partial charge in [-0.1, -0.05) is 34.6 Å². The van der Waals surface area contributed by atoms with Crippen LogP contribution in [0.15, 0.2) is 0 Å². The Labute approximate surface area is 108 Å². The molecule has 1 fully saturated rings. The largest absolute Gasteiger partial charge is 0.315 e. The maximum Gasteiger partial charge on any atom is 0.0240 e. The molecule has 0 aromatic carbocycles. The van der Waals surface area contributed by atoms with Gasteiger partial charge in [0.25, 0.3) is 0 Å². The van der Waals surface area contributed by atoms with Crippen LogP contribution in [0.1, 0.15) is 53.9 Å². The van der Waals surface area contributed by atoms with Crippen LogP contribution in [-0.2, 0) is 0 Å². The molecule has 1 aliphatic rings. The lowest BCUT2D eigenvalue weighted by Crippen LogP contribution is -2.48. The van der Waals surface area contributed by atoms with E-state index in [9.17, 15) is 0 Å². The lowest BCUT2D eigenvalue weighted by molar-refractivity contribution is 0.166. The van der Waals surface area contributed by atoms with E-state index in [2.05, 4.69) is 51.9 Å². The summed E-state index contributed by atoms with van der Waals surface area (Å²) in [6.45, 7) is 14.1. The molecule has 2 nitrogen and oxygen atoms in total. The quantitative estimate of drug-likeness (QED) is 0.735. The molecule has 1 rings (SSSR count). The molecule has 2 heteroatoms. The van der Waals surface area contributed by atoms with Crippen molar-refractivity contribution in [2.24, 2.45) is 11.3 Å². The van der Waals surface area contributed by atoms with E-state index in [1.54, 1.807) is 0 Å². The molecule has 0 radical (unpaired) electrons. The molecule has 0 amide bonds. The molecule has 0 aromatic rings. The minimum absolute atomic E-state index is 0.347. The molecule has 0 heterocycles. The standard InChI is InChI=1S/C15H32N2/c1-12(2)9-10-17(13-7-8-13)11-14(16-6)15(3,4)5/h12-14,16H,7-11H2,1-6H3. The second-order valence-corrected chi connectivity index (χ2v) is 7.12. The average molecular weight is 240 g/mol. The zero-order chi connectivity index (χ0) is 13.1. The lowest BCUT2D eigenvalue weighted by atomic mass is 9.86. The van der Waals surface area contributed by atoms with E-state index < -0.39 is 0 Å². The van der Waals surface area contributed by atoms with Crippen LogP contribution in [0.25, 0.3) is 0 Å². The van der Waals surface area contributed by atoms with E-state index in [0.717, 1.165) is 12.0 Å². The molecular formula is C15H32N2. The topological polar surface area (TPSA) is 15.3 Å². The molecule has 1 aliphatic carbocycles. The zero-order valence-corrected chi connectivity index (χ0v) is 12.7. The van der Waals surface area contributed by atoms with Crippen molar-refractivity contribution in [1.82, 2.24) is 10.2 Å². The zero-order valence-electron chi connectivity index (χ0n) is 12.7. The van der Waals surface area contributed by atoms with E-state index in [1.165, 1.54) is 32.4 Å². The Morgan fingerprint density at radius 2 is 1.82 bits per heavy atom. The highest BCUT2D eigenvalue weighted by molar-refractivity contribution is 4.90. The summed E-state index contributed by atoms with van der Waals surface area (Å²) < 4.78 is 0. The maximum absolute atomic E-state index is 3.50. The monoisotopic (exact) mass is 240 g/mol. The van der Waals surface area contributed by atoms with Crippen LogP contribution in [-0.4, -0.2) is 37.1 Å². The molecule has 0 spiro atoms. The molecule has 0 bridgehead atoms. The van der Waals surface area contributed by atoms with E-state index in [0.29, 0.717) is 11.5 Å². The minimum Gasteiger partial charge on any atom is -0.315 e. The summed E-state index contributed by atoms with van der Waals surface area (Å²) in [7, 11) is 2.10. The number of rotatable bonds is 7. The SMILES string of the molecule is CNC(CN(CCC(C)C)C1CC1)C(C)(C)C. The Bertz CT molecular complexity index is 213. The number of hydrogen-bond acceptors (Lipinski definition) is 2. The van der Waals surface area contributed by atoms with Crippen molar-refractivity contribution in [1.29, 1.82) is 0 Å². The Kier molecular flexibility index (Phi) is 5.46. The van der Waals surface area contributed by atoms with Gasteiger partial charge < -0.3 is 5.32 Å². The summed E-state index contributed by atoms with van der Waals surface area (Å²) >= 11 is 0. The normalized spacial score (nSPS) is 19.1. The molecule has 0 saturated heterocycles. The fraction of sp³-hybridized carbons (Fsp3) is 1.00. The second-order valence-electron chi connectivity index (χ2n) is 7.12. The van der Waals surface area contributed by atoms with Crippen molar-refractivity contribution in [2.75, 3.05) is 20.1 Å². The highest BCUT2D eigenvalue weighted by Gasteiger charge is 2.33. The smallest absolute Gasteiger partial charge is 0.0240 e. The number of nitrogens with zero attached hydrogens (tertiary/aromatic N) is 1. The van der Waals surface area contributed by atoms with Crippen LogP contribution in [0.4, 0.5) is 0 Å². The van der Waals surface area contributed by atoms with Gasteiger partial charge in [-0.25, -0.2) is 0 Å². The van der Waals surface area contributed by atoms with Gasteiger partial charge in [0.2, 0.25) is 0 Å². The first-order valence-corrected chi connectivity index (χ1v) is 7.26. The fourth-order valence-electron chi connectivity index (χ4n) is 2.32. The van der Waals surface area contributed by atoms with Gasteiger partial charge in [0.15, 0.2) is 0 Å². The number of hydrogen-bond donors (Lipinski definition) is 1. The van der Waals surface area contributed by atoms with Gasteiger partial charge in [0.05, 0.1) is 0 Å². The third kappa shape index (κ3) is 5.39. The van der Waals surface area contributed by atoms with Crippen molar-refractivity contribution in [3.05, 3.63) is 0 Å². The highest BCUT2D eigenvalue weighted by Crippen LogP contribution is 2.29. The Balaban J connectivity index is 2.47. The van der Waals surface area contributed by atoms with Crippen molar-refractivity contribution < 1.29 is 0 Å². The van der Waals surface area contributed by atoms with Crippen molar-refractivity contribution in [3.8, 4) is 0 Å². The average Bonchev–Trinajstić information content (AvgIpc) is 2.99. The summed E-state index contributed by atoms with van der Waals surface area (Å²) in [5.74, 6) is 0.818. The van der Waals surface area contributed by atoms with Crippen LogP contribution in [0.3, 0.4) is 0 Å². The van der Waals surface area contributed by atoms with Gasteiger partial charge in [0.1, 0.15) is 0 Å². The fourth-order valence-corrected chi connectivity index (χ4v) is 2.32. The Hall–Kier alpha value is -0.0800. The van der Waals surface area contributed by atoms with Gasteiger partial charge >= 0.3 is 0 Å². The van der Waals surface area contributed by atoms with E-state index >= 15 is 0 Å². The van der Waals surface area contributed by atoms with Crippen molar-refractivity contribution >= 4 is 0 Å². The van der Waals surface area contributed by atoms with Crippen LogP contribution >= 0.6 is 0 Å². The van der Waals surface area contributed by atoms with Crippen LogP contribution in [0, 0.1) is 11.3 Å². The summed E-state index contributed by atoms with van der Waals surface area (Å²) in [6.07, 6.45) is 4.16. The lowest BCUT2D eigenvalue weighted by Gasteiger charge is -2.35.